The van der Waals surface area contributed by atoms with E-state index in [2.05, 4.69) is 15.3 Å². The number of pyridine rings is 1. The van der Waals surface area contributed by atoms with Crippen LogP contribution in [0.1, 0.15) is 11.3 Å². The molecule has 0 bridgehead atoms. The second kappa shape index (κ2) is 13.7. The van der Waals surface area contributed by atoms with Crippen molar-refractivity contribution in [3.05, 3.63) is 53.6 Å². The molecule has 2 heterocycles. The molecule has 0 spiro atoms. The Balaban J connectivity index is 1.54. The molecule has 1 aliphatic rings. The predicted molar refractivity (Wildman–Crippen MR) is 133 cm³/mol. The third-order valence-electron chi connectivity index (χ3n) is 5.86. The second-order valence-corrected chi connectivity index (χ2v) is 8.64. The average Bonchev–Trinajstić information content (AvgIpc) is 2.89. The summed E-state index contributed by atoms with van der Waals surface area (Å²) in [6.45, 7) is 5.41. The van der Waals surface area contributed by atoms with Gasteiger partial charge in [0.15, 0.2) is 5.82 Å². The Kier molecular flexibility index (Phi) is 10.4. The quantitative estimate of drug-likeness (QED) is 0.349. The molecular weight excluding hydrogens is 469 g/mol. The van der Waals surface area contributed by atoms with Gasteiger partial charge >= 0.3 is 6.09 Å². The topological polar surface area (TPSA) is 96.5 Å². The molecule has 1 fully saturated rings. The molecule has 1 aromatic carbocycles. The Hall–Kier alpha value is -3.28. The number of methoxy groups -OCH3 is 2. The van der Waals surface area contributed by atoms with Gasteiger partial charge in [-0.1, -0.05) is 12.1 Å². The number of aromatic nitrogens is 1. The van der Waals surface area contributed by atoms with Crippen LogP contribution in [0.2, 0.25) is 0 Å². The molecule has 11 heteroatoms. The first-order valence-corrected chi connectivity index (χ1v) is 11.8. The van der Waals surface area contributed by atoms with E-state index >= 15 is 4.39 Å². The summed E-state index contributed by atoms with van der Waals surface area (Å²) in [5.74, 6) is -0.510. The van der Waals surface area contributed by atoms with Crippen molar-refractivity contribution in [2.24, 2.45) is 5.92 Å². The fourth-order valence-corrected chi connectivity index (χ4v) is 3.92. The van der Waals surface area contributed by atoms with E-state index in [9.17, 15) is 9.59 Å². The predicted octanol–water partition coefficient (Wildman–Crippen LogP) is 2.68. The highest BCUT2D eigenvalue weighted by atomic mass is 19.1. The van der Waals surface area contributed by atoms with Gasteiger partial charge in [-0.15, -0.1) is 0 Å². The number of amides is 2. The van der Waals surface area contributed by atoms with E-state index in [1.54, 1.807) is 49.6 Å². The fraction of sp³-hybridized carbons (Fsp3) is 0.480. The van der Waals surface area contributed by atoms with Gasteiger partial charge in [-0.25, -0.2) is 14.2 Å². The zero-order valence-corrected chi connectivity index (χ0v) is 21.0. The minimum Gasteiger partial charge on any atom is -0.449 e. The number of hydrogen-bond acceptors (Lipinski definition) is 8. The maximum absolute atomic E-state index is 15.4. The number of carbonyl (C=O) groups is 2. The fourth-order valence-electron chi connectivity index (χ4n) is 3.92. The van der Waals surface area contributed by atoms with Crippen molar-refractivity contribution < 1.29 is 28.2 Å². The summed E-state index contributed by atoms with van der Waals surface area (Å²) in [5, 5.41) is 1.10. The lowest BCUT2D eigenvalue weighted by Gasteiger charge is -2.34. The summed E-state index contributed by atoms with van der Waals surface area (Å²) in [6.07, 6.45) is 1.72. The van der Waals surface area contributed by atoms with E-state index in [-0.39, 0.29) is 24.3 Å². The molecule has 0 saturated carbocycles. The van der Waals surface area contributed by atoms with Crippen LogP contribution in [0.5, 0.6) is 0 Å². The molecule has 0 unspecified atom stereocenters. The second-order valence-electron chi connectivity index (χ2n) is 8.64. The summed E-state index contributed by atoms with van der Waals surface area (Å²) in [4.78, 5) is 32.0. The van der Waals surface area contributed by atoms with Crippen LogP contribution < -0.4 is 10.4 Å². The Labute approximate surface area is 210 Å². The molecule has 1 saturated heterocycles. The summed E-state index contributed by atoms with van der Waals surface area (Å²) < 4.78 is 31.0. The maximum Gasteiger partial charge on any atom is 0.409 e. The first-order chi connectivity index (χ1) is 17.4. The number of ether oxygens (including phenoxy) is 3. The number of anilines is 2. The summed E-state index contributed by atoms with van der Waals surface area (Å²) in [5.41, 5.74) is 4.85. The minimum atomic E-state index is -0.485. The van der Waals surface area contributed by atoms with E-state index in [4.69, 9.17) is 14.2 Å². The van der Waals surface area contributed by atoms with Crippen molar-refractivity contribution in [3.63, 3.8) is 0 Å². The average molecular weight is 504 g/mol. The number of piperazine rings is 1. The van der Waals surface area contributed by atoms with Crippen LogP contribution in [-0.2, 0) is 25.5 Å². The largest absolute Gasteiger partial charge is 0.449 e. The van der Waals surface area contributed by atoms with E-state index in [0.717, 1.165) is 10.7 Å². The standard InChI is InChI=1S/C25H34FN5O5/c1-19-7-8-22(13-27-19)28-31(18-32)23-6-4-5-21(24(23)26)14-29-9-11-30(12-10-29)25(33)36-17-20(15-34-2)16-35-3/h4-8,13,18,20,28H,9-12,14-17H2,1-3H3. The van der Waals surface area contributed by atoms with Crippen LogP contribution >= 0.6 is 0 Å². The molecular formula is C25H34FN5O5. The third kappa shape index (κ3) is 7.61. The highest BCUT2D eigenvalue weighted by Gasteiger charge is 2.24. The van der Waals surface area contributed by atoms with Crippen LogP contribution in [0.15, 0.2) is 36.5 Å². The van der Waals surface area contributed by atoms with Crippen molar-refractivity contribution in [1.82, 2.24) is 14.8 Å². The van der Waals surface area contributed by atoms with Crippen molar-refractivity contribution >= 4 is 23.9 Å². The lowest BCUT2D eigenvalue weighted by Crippen LogP contribution is -2.48. The Morgan fingerprint density at radius 3 is 2.47 bits per heavy atom. The van der Waals surface area contributed by atoms with Gasteiger partial charge in [0.2, 0.25) is 6.41 Å². The summed E-state index contributed by atoms with van der Waals surface area (Å²) in [7, 11) is 3.19. The molecule has 3 rings (SSSR count). The number of benzene rings is 1. The lowest BCUT2D eigenvalue weighted by molar-refractivity contribution is -0.107. The molecule has 196 valence electrons. The van der Waals surface area contributed by atoms with Crippen molar-refractivity contribution in [1.29, 1.82) is 0 Å². The first kappa shape index (κ1) is 27.3. The number of hydrazine groups is 1. The van der Waals surface area contributed by atoms with Gasteiger partial charge in [-0.2, -0.15) is 0 Å². The monoisotopic (exact) mass is 503 g/mol. The SMILES string of the molecule is COCC(COC)COC(=O)N1CCN(Cc2cccc(N(C=O)Nc3ccc(C)nc3)c2F)CC1. The number of hydrogen-bond donors (Lipinski definition) is 1. The van der Waals surface area contributed by atoms with Crippen molar-refractivity contribution in [3.8, 4) is 0 Å². The normalized spacial score (nSPS) is 14.1. The van der Waals surface area contributed by atoms with Gasteiger partial charge in [0.05, 0.1) is 25.1 Å². The molecule has 36 heavy (non-hydrogen) atoms. The zero-order chi connectivity index (χ0) is 25.9. The van der Waals surface area contributed by atoms with Crippen LogP contribution in [0, 0.1) is 18.7 Å². The maximum atomic E-state index is 15.4. The van der Waals surface area contributed by atoms with Gasteiger partial charge in [0, 0.05) is 64.1 Å². The van der Waals surface area contributed by atoms with E-state index in [0.29, 0.717) is 63.6 Å². The number of nitrogens with one attached hydrogen (secondary N) is 1. The van der Waals surface area contributed by atoms with Crippen molar-refractivity contribution in [2.45, 2.75) is 13.5 Å². The van der Waals surface area contributed by atoms with Crippen molar-refractivity contribution in [2.75, 3.05) is 70.7 Å². The van der Waals surface area contributed by atoms with Crippen LogP contribution in [0.4, 0.5) is 20.6 Å². The molecule has 0 radical (unpaired) electrons. The third-order valence-corrected chi connectivity index (χ3v) is 5.86. The van der Waals surface area contributed by atoms with Gasteiger partial charge in [-0.05, 0) is 25.1 Å². The molecule has 1 aromatic heterocycles. The Bertz CT molecular complexity index is 979. The summed E-state index contributed by atoms with van der Waals surface area (Å²) >= 11 is 0. The number of rotatable bonds is 12. The van der Waals surface area contributed by atoms with Gasteiger partial charge in [0.25, 0.3) is 0 Å². The van der Waals surface area contributed by atoms with E-state index in [1.165, 1.54) is 6.07 Å². The number of carbonyl (C=O) groups excluding carboxylic acids is 2. The molecule has 2 aromatic rings. The highest BCUT2D eigenvalue weighted by Crippen LogP contribution is 2.24. The molecule has 0 aliphatic carbocycles. The van der Waals surface area contributed by atoms with Gasteiger partial charge in [0.1, 0.15) is 12.3 Å². The van der Waals surface area contributed by atoms with E-state index in [1.807, 2.05) is 6.92 Å². The highest BCUT2D eigenvalue weighted by molar-refractivity contribution is 5.79. The number of halogens is 1. The van der Waals surface area contributed by atoms with Crippen LogP contribution in [0.25, 0.3) is 0 Å². The summed E-state index contributed by atoms with van der Waals surface area (Å²) in [6, 6.07) is 8.51. The molecule has 1 N–H and O–H groups in total. The molecule has 10 nitrogen and oxygen atoms in total. The van der Waals surface area contributed by atoms with Gasteiger partial charge < -0.3 is 19.1 Å². The molecule has 0 atom stereocenters. The molecule has 2 amide bonds. The minimum absolute atomic E-state index is 0.0248. The number of aryl methyl sites for hydroxylation is 1. The smallest absolute Gasteiger partial charge is 0.409 e. The van der Waals surface area contributed by atoms with E-state index < -0.39 is 5.82 Å². The number of nitrogens with zero attached hydrogens (tertiary/aromatic N) is 4. The zero-order valence-electron chi connectivity index (χ0n) is 21.0. The lowest BCUT2D eigenvalue weighted by atomic mass is 10.1. The first-order valence-electron chi connectivity index (χ1n) is 11.8. The van der Waals surface area contributed by atoms with Gasteiger partial charge in [-0.3, -0.25) is 20.1 Å². The Morgan fingerprint density at radius 2 is 1.86 bits per heavy atom. The molecule has 1 aliphatic heterocycles. The van der Waals surface area contributed by atoms with Crippen LogP contribution in [0.3, 0.4) is 0 Å². The Morgan fingerprint density at radius 1 is 1.14 bits per heavy atom. The van der Waals surface area contributed by atoms with Crippen LogP contribution in [-0.4, -0.2) is 87.5 Å².